The molecule has 154 valence electrons. The van der Waals surface area contributed by atoms with Crippen molar-refractivity contribution >= 4 is 17.5 Å². The third-order valence-electron chi connectivity index (χ3n) is 5.32. The van der Waals surface area contributed by atoms with Crippen molar-refractivity contribution in [1.82, 2.24) is 4.90 Å². The summed E-state index contributed by atoms with van der Waals surface area (Å²) in [5.74, 6) is 0.436. The number of carbonyl (C=O) groups excluding carboxylic acids is 2. The first-order valence-corrected chi connectivity index (χ1v) is 10.4. The third kappa shape index (κ3) is 5.17. The second-order valence-corrected chi connectivity index (χ2v) is 7.67. The van der Waals surface area contributed by atoms with Crippen LogP contribution in [-0.2, 0) is 4.79 Å². The van der Waals surface area contributed by atoms with Gasteiger partial charge in [0.25, 0.3) is 11.8 Å². The van der Waals surface area contributed by atoms with Gasteiger partial charge in [-0.2, -0.15) is 0 Å². The lowest BCUT2D eigenvalue weighted by molar-refractivity contribution is -0.122. The molecule has 1 aliphatic rings. The molecule has 2 aromatic rings. The summed E-state index contributed by atoms with van der Waals surface area (Å²) in [5, 5.41) is 2.92. The van der Waals surface area contributed by atoms with Gasteiger partial charge in [-0.1, -0.05) is 36.8 Å². The molecule has 1 aliphatic heterocycles. The minimum Gasteiger partial charge on any atom is -0.480 e. The molecule has 1 fully saturated rings. The quantitative estimate of drug-likeness (QED) is 0.771. The number of carbonyl (C=O) groups is 2. The number of nitrogens with one attached hydrogen (secondary N) is 1. The Morgan fingerprint density at radius 3 is 2.48 bits per heavy atom. The molecule has 1 heterocycles. The fraction of sp³-hybridized carbons (Fsp3) is 0.417. The van der Waals surface area contributed by atoms with Crippen LogP contribution in [0.15, 0.2) is 42.5 Å². The van der Waals surface area contributed by atoms with Crippen LogP contribution in [0.25, 0.3) is 0 Å². The van der Waals surface area contributed by atoms with Crippen LogP contribution < -0.4 is 10.1 Å². The van der Waals surface area contributed by atoms with Crippen molar-refractivity contribution in [3.63, 3.8) is 0 Å². The lowest BCUT2D eigenvalue weighted by Gasteiger charge is -2.27. The van der Waals surface area contributed by atoms with Gasteiger partial charge in [-0.3, -0.25) is 9.59 Å². The Labute approximate surface area is 173 Å². The van der Waals surface area contributed by atoms with Crippen molar-refractivity contribution in [2.75, 3.05) is 18.4 Å². The molecule has 0 aliphatic carbocycles. The first kappa shape index (κ1) is 20.9. The number of hydrogen-bond donors (Lipinski definition) is 1. The lowest BCUT2D eigenvalue weighted by Crippen LogP contribution is -2.37. The molecular weight excluding hydrogens is 364 g/mol. The van der Waals surface area contributed by atoms with Gasteiger partial charge >= 0.3 is 0 Å². The van der Waals surface area contributed by atoms with Gasteiger partial charge in [-0.15, -0.1) is 0 Å². The molecular formula is C24H30N2O3. The summed E-state index contributed by atoms with van der Waals surface area (Å²) in [7, 11) is 0. The maximum atomic E-state index is 13.0. The largest absolute Gasteiger partial charge is 0.480 e. The van der Waals surface area contributed by atoms with E-state index in [2.05, 4.69) is 5.32 Å². The van der Waals surface area contributed by atoms with Gasteiger partial charge < -0.3 is 15.0 Å². The minimum absolute atomic E-state index is 0.0241. The Kier molecular flexibility index (Phi) is 6.91. The van der Waals surface area contributed by atoms with Crippen molar-refractivity contribution in [1.29, 1.82) is 0 Å². The first-order valence-electron chi connectivity index (χ1n) is 10.4. The predicted octanol–water partition coefficient (Wildman–Crippen LogP) is 4.73. The zero-order valence-electron chi connectivity index (χ0n) is 17.5. The van der Waals surface area contributed by atoms with E-state index in [1.165, 1.54) is 0 Å². The van der Waals surface area contributed by atoms with Gasteiger partial charge in [0.05, 0.1) is 11.3 Å². The molecule has 0 spiro atoms. The second kappa shape index (κ2) is 9.59. The highest BCUT2D eigenvalue weighted by molar-refractivity contribution is 6.04. The summed E-state index contributed by atoms with van der Waals surface area (Å²) in [4.78, 5) is 27.7. The highest BCUT2D eigenvalue weighted by Gasteiger charge is 2.24. The number of amides is 2. The van der Waals surface area contributed by atoms with E-state index in [4.69, 9.17) is 4.74 Å². The van der Waals surface area contributed by atoms with Crippen molar-refractivity contribution in [2.24, 2.45) is 0 Å². The molecule has 1 N–H and O–H groups in total. The summed E-state index contributed by atoms with van der Waals surface area (Å²) in [6, 6.07) is 13.1. The highest BCUT2D eigenvalue weighted by atomic mass is 16.5. The number of ether oxygens (including phenoxy) is 1. The summed E-state index contributed by atoms with van der Waals surface area (Å²) in [5.41, 5.74) is 3.22. The molecule has 0 unspecified atom stereocenters. The normalized spacial score (nSPS) is 14.9. The fourth-order valence-corrected chi connectivity index (χ4v) is 3.67. The van der Waals surface area contributed by atoms with Crippen molar-refractivity contribution in [3.05, 3.63) is 59.2 Å². The summed E-state index contributed by atoms with van der Waals surface area (Å²) >= 11 is 0. The van der Waals surface area contributed by atoms with Gasteiger partial charge in [0.15, 0.2) is 6.10 Å². The van der Waals surface area contributed by atoms with Gasteiger partial charge in [-0.05, 0) is 63.3 Å². The van der Waals surface area contributed by atoms with Gasteiger partial charge in [-0.25, -0.2) is 0 Å². The van der Waals surface area contributed by atoms with Crippen LogP contribution in [0.3, 0.4) is 0 Å². The number of rotatable bonds is 6. The van der Waals surface area contributed by atoms with Crippen LogP contribution in [0.4, 0.5) is 5.69 Å². The number of likely N-dealkylation sites (tertiary alicyclic amines) is 1. The van der Waals surface area contributed by atoms with E-state index < -0.39 is 6.10 Å². The molecule has 0 aromatic heterocycles. The molecule has 0 radical (unpaired) electrons. The molecule has 5 nitrogen and oxygen atoms in total. The van der Waals surface area contributed by atoms with E-state index in [0.29, 0.717) is 23.4 Å². The number of benzene rings is 2. The molecule has 2 aromatic carbocycles. The number of aryl methyl sites for hydroxylation is 2. The number of para-hydroxylation sites is 1. The Morgan fingerprint density at radius 2 is 1.79 bits per heavy atom. The van der Waals surface area contributed by atoms with Gasteiger partial charge in [0.2, 0.25) is 0 Å². The first-order chi connectivity index (χ1) is 14.0. The average molecular weight is 395 g/mol. The standard InChI is InChI=1S/C24H30N2O3/c1-4-21(29-22-13-12-17(2)16-18(22)3)23(27)25-20-11-7-6-10-19(20)24(28)26-14-8-5-9-15-26/h6-7,10-13,16,21H,4-5,8-9,14-15H2,1-3H3,(H,25,27)/t21-/m0/s1. The van der Waals surface area contributed by atoms with Crippen LogP contribution in [0.2, 0.25) is 0 Å². The molecule has 29 heavy (non-hydrogen) atoms. The minimum atomic E-state index is -0.630. The molecule has 0 saturated carbocycles. The Bertz CT molecular complexity index is 872. The molecule has 0 bridgehead atoms. The topological polar surface area (TPSA) is 58.6 Å². The zero-order valence-corrected chi connectivity index (χ0v) is 17.5. The predicted molar refractivity (Wildman–Crippen MR) is 115 cm³/mol. The summed E-state index contributed by atoms with van der Waals surface area (Å²) in [6.07, 6.45) is 3.12. The molecule has 1 saturated heterocycles. The fourth-order valence-electron chi connectivity index (χ4n) is 3.67. The van der Waals surface area contributed by atoms with Crippen LogP contribution in [-0.4, -0.2) is 35.9 Å². The third-order valence-corrected chi connectivity index (χ3v) is 5.32. The highest BCUT2D eigenvalue weighted by Crippen LogP contribution is 2.23. The maximum absolute atomic E-state index is 13.0. The Morgan fingerprint density at radius 1 is 1.07 bits per heavy atom. The number of hydrogen-bond acceptors (Lipinski definition) is 3. The van der Waals surface area contributed by atoms with E-state index >= 15 is 0 Å². The molecule has 3 rings (SSSR count). The van der Waals surface area contributed by atoms with E-state index in [1.54, 1.807) is 12.1 Å². The van der Waals surface area contributed by atoms with Crippen LogP contribution in [0, 0.1) is 13.8 Å². The second-order valence-electron chi connectivity index (χ2n) is 7.67. The summed E-state index contributed by atoms with van der Waals surface area (Å²) < 4.78 is 5.99. The smallest absolute Gasteiger partial charge is 0.265 e. The molecule has 2 amide bonds. The van der Waals surface area contributed by atoms with Crippen LogP contribution >= 0.6 is 0 Å². The molecule has 1 atom stereocenters. The van der Waals surface area contributed by atoms with E-state index in [1.807, 2.05) is 56.0 Å². The van der Waals surface area contributed by atoms with E-state index in [0.717, 1.165) is 43.5 Å². The number of nitrogens with zero attached hydrogens (tertiary/aromatic N) is 1. The van der Waals surface area contributed by atoms with E-state index in [-0.39, 0.29) is 11.8 Å². The van der Waals surface area contributed by atoms with E-state index in [9.17, 15) is 9.59 Å². The van der Waals surface area contributed by atoms with Crippen LogP contribution in [0.5, 0.6) is 5.75 Å². The SMILES string of the molecule is CC[C@H](Oc1ccc(C)cc1C)C(=O)Nc1ccccc1C(=O)N1CCCCC1. The lowest BCUT2D eigenvalue weighted by atomic mass is 10.1. The monoisotopic (exact) mass is 394 g/mol. The van der Waals surface area contributed by atoms with Crippen molar-refractivity contribution in [3.8, 4) is 5.75 Å². The van der Waals surface area contributed by atoms with Gasteiger partial charge in [0, 0.05) is 13.1 Å². The summed E-state index contributed by atoms with van der Waals surface area (Å²) in [6.45, 7) is 7.46. The average Bonchev–Trinajstić information content (AvgIpc) is 2.73. The van der Waals surface area contributed by atoms with Crippen molar-refractivity contribution in [2.45, 2.75) is 52.6 Å². The maximum Gasteiger partial charge on any atom is 0.265 e. The zero-order chi connectivity index (χ0) is 20.8. The van der Waals surface area contributed by atoms with Gasteiger partial charge in [0.1, 0.15) is 5.75 Å². The Balaban J connectivity index is 1.74. The van der Waals surface area contributed by atoms with Crippen molar-refractivity contribution < 1.29 is 14.3 Å². The number of piperidine rings is 1. The molecule has 5 heteroatoms. The number of anilines is 1. The van der Waals surface area contributed by atoms with Crippen LogP contribution in [0.1, 0.15) is 54.1 Å². The Hall–Kier alpha value is -2.82.